The molecule has 0 fully saturated rings. The first-order valence-electron chi connectivity index (χ1n) is 8.85. The van der Waals surface area contributed by atoms with Crippen molar-refractivity contribution in [3.8, 4) is 0 Å². The number of aliphatic hydroxyl groups excluding tert-OH is 1. The molecular weight excluding hydrogens is 460 g/mol. The van der Waals surface area contributed by atoms with Crippen molar-refractivity contribution >= 4 is 72.7 Å². The third-order valence-electron chi connectivity index (χ3n) is 4.26. The van der Waals surface area contributed by atoms with Crippen LogP contribution in [0.2, 0.25) is 0 Å². The van der Waals surface area contributed by atoms with Crippen LogP contribution in [0.4, 0.5) is 0 Å². The zero-order valence-corrected chi connectivity index (χ0v) is 19.4. The molecule has 29 heavy (non-hydrogen) atoms. The summed E-state index contributed by atoms with van der Waals surface area (Å²) in [5.74, 6) is -4.20. The Morgan fingerprint density at radius 2 is 1.45 bits per heavy atom. The highest BCUT2D eigenvalue weighted by molar-refractivity contribution is 8.13. The molecular formula is C17H28O8S4. The number of carbonyl (C=O) groups excluding carboxylic acids is 2. The largest absolute Gasteiger partial charge is 0.481 e. The first kappa shape index (κ1) is 28.4. The molecule has 0 radical (unpaired) electrons. The molecule has 0 aliphatic carbocycles. The summed E-state index contributed by atoms with van der Waals surface area (Å²) in [6.07, 6.45) is 0.0239. The molecule has 0 aliphatic heterocycles. The molecule has 0 aromatic heterocycles. The number of aliphatic carboxylic acids is 2. The van der Waals surface area contributed by atoms with Gasteiger partial charge in [-0.2, -0.15) is 37.9 Å². The van der Waals surface area contributed by atoms with Crippen LogP contribution in [0.5, 0.6) is 0 Å². The van der Waals surface area contributed by atoms with Crippen LogP contribution < -0.4 is 0 Å². The van der Waals surface area contributed by atoms with Crippen molar-refractivity contribution in [1.29, 1.82) is 0 Å². The lowest BCUT2D eigenvalue weighted by molar-refractivity contribution is -0.151. The summed E-state index contributed by atoms with van der Waals surface area (Å²) in [5, 5.41) is 28.5. The van der Waals surface area contributed by atoms with Crippen molar-refractivity contribution in [3.63, 3.8) is 0 Å². The smallest absolute Gasteiger partial charge is 0.307 e. The number of thioether (sulfide) groups is 1. The normalized spacial score (nSPS) is 15.2. The van der Waals surface area contributed by atoms with Gasteiger partial charge in [0, 0.05) is 29.1 Å². The van der Waals surface area contributed by atoms with Crippen LogP contribution in [0.15, 0.2) is 0 Å². The Kier molecular flexibility index (Phi) is 15.0. The van der Waals surface area contributed by atoms with E-state index in [4.69, 9.17) is 4.74 Å². The van der Waals surface area contributed by atoms with E-state index in [1.54, 1.807) is 0 Å². The Labute approximate surface area is 190 Å². The molecule has 2 unspecified atom stereocenters. The lowest BCUT2D eigenvalue weighted by Gasteiger charge is -2.35. The van der Waals surface area contributed by atoms with E-state index in [1.807, 2.05) is 0 Å². The molecule has 0 aromatic rings. The lowest BCUT2D eigenvalue weighted by atomic mass is 9.74. The summed E-state index contributed by atoms with van der Waals surface area (Å²) >= 11 is 13.0. The Morgan fingerprint density at radius 3 is 1.83 bits per heavy atom. The van der Waals surface area contributed by atoms with Crippen molar-refractivity contribution < 1.29 is 39.2 Å². The zero-order chi connectivity index (χ0) is 22.4. The molecule has 0 bridgehead atoms. The average molecular weight is 489 g/mol. The summed E-state index contributed by atoms with van der Waals surface area (Å²) in [7, 11) is 0. The van der Waals surface area contributed by atoms with Gasteiger partial charge in [0.15, 0.2) is 5.12 Å². The minimum Gasteiger partial charge on any atom is -0.481 e. The average Bonchev–Trinajstić information content (AvgIpc) is 2.67. The molecule has 168 valence electrons. The molecule has 0 saturated carbocycles. The number of rotatable bonds is 16. The van der Waals surface area contributed by atoms with E-state index in [1.165, 1.54) is 0 Å². The number of aliphatic hydroxyl groups is 1. The van der Waals surface area contributed by atoms with Crippen LogP contribution in [-0.2, 0) is 23.9 Å². The summed E-state index contributed by atoms with van der Waals surface area (Å²) in [5.41, 5.74) is -1.26. The van der Waals surface area contributed by atoms with Gasteiger partial charge in [0.1, 0.15) is 0 Å². The lowest BCUT2D eigenvalue weighted by Crippen LogP contribution is -2.40. The second-order valence-electron chi connectivity index (χ2n) is 6.61. The standard InChI is InChI=1S/C17H28O8S4/c18-9-17(5-11(7-27)15(21)22,6-12(8-28)16(23)24)10-25-13(19)2-4-29-14(20)1-3-26/h11-12,18,26-28H,1-10H2,(H,21,22)(H,23,24). The van der Waals surface area contributed by atoms with Gasteiger partial charge in [-0.1, -0.05) is 11.8 Å². The molecule has 12 heteroatoms. The predicted molar refractivity (Wildman–Crippen MR) is 120 cm³/mol. The summed E-state index contributed by atoms with van der Waals surface area (Å²) in [6.45, 7) is -0.905. The maximum atomic E-state index is 12.0. The second kappa shape index (κ2) is 15.3. The van der Waals surface area contributed by atoms with Gasteiger partial charge in [-0.25, -0.2) is 0 Å². The van der Waals surface area contributed by atoms with Gasteiger partial charge in [0.05, 0.1) is 31.5 Å². The molecule has 2 atom stereocenters. The van der Waals surface area contributed by atoms with Crippen molar-refractivity contribution in [3.05, 3.63) is 0 Å². The quantitative estimate of drug-likeness (QED) is 0.141. The molecule has 0 rings (SSSR count). The number of esters is 1. The van der Waals surface area contributed by atoms with E-state index in [-0.39, 0.29) is 54.7 Å². The maximum absolute atomic E-state index is 12.0. The van der Waals surface area contributed by atoms with Gasteiger partial charge in [-0.3, -0.25) is 19.2 Å². The summed E-state index contributed by atoms with van der Waals surface area (Å²) in [4.78, 5) is 46.2. The van der Waals surface area contributed by atoms with E-state index in [0.717, 1.165) is 11.8 Å². The van der Waals surface area contributed by atoms with Gasteiger partial charge >= 0.3 is 17.9 Å². The van der Waals surface area contributed by atoms with E-state index in [0.29, 0.717) is 5.75 Å². The first-order valence-corrected chi connectivity index (χ1v) is 11.7. The highest BCUT2D eigenvalue weighted by Crippen LogP contribution is 2.35. The summed E-state index contributed by atoms with van der Waals surface area (Å²) in [6, 6.07) is 0. The van der Waals surface area contributed by atoms with Crippen LogP contribution in [0.25, 0.3) is 0 Å². The molecule has 3 N–H and O–H groups in total. The Morgan fingerprint density at radius 1 is 0.931 bits per heavy atom. The predicted octanol–water partition coefficient (Wildman–Crippen LogP) is 1.52. The number of hydrogen-bond donors (Lipinski definition) is 6. The fourth-order valence-corrected chi connectivity index (χ4v) is 4.27. The highest BCUT2D eigenvalue weighted by Gasteiger charge is 2.39. The second-order valence-corrected chi connectivity index (χ2v) is 8.94. The molecule has 8 nitrogen and oxygen atoms in total. The van der Waals surface area contributed by atoms with Crippen molar-refractivity contribution in [2.45, 2.75) is 25.7 Å². The fraction of sp³-hybridized carbons (Fsp3) is 0.765. The van der Waals surface area contributed by atoms with Gasteiger partial charge in [-0.05, 0) is 18.6 Å². The third-order valence-corrected chi connectivity index (χ3v) is 6.30. The number of thiol groups is 3. The first-order chi connectivity index (χ1) is 13.6. The van der Waals surface area contributed by atoms with Gasteiger partial charge in [0.2, 0.25) is 0 Å². The third kappa shape index (κ3) is 11.4. The number of ether oxygens (including phenoxy) is 1. The molecule has 0 saturated heterocycles. The van der Waals surface area contributed by atoms with Gasteiger partial charge in [-0.15, -0.1) is 0 Å². The van der Waals surface area contributed by atoms with Crippen molar-refractivity contribution in [1.82, 2.24) is 0 Å². The molecule has 0 aliphatic rings. The van der Waals surface area contributed by atoms with Crippen LogP contribution in [0.3, 0.4) is 0 Å². The molecule has 0 aromatic carbocycles. The van der Waals surface area contributed by atoms with E-state index < -0.39 is 41.8 Å². The van der Waals surface area contributed by atoms with Gasteiger partial charge in [0.25, 0.3) is 0 Å². The van der Waals surface area contributed by atoms with E-state index in [9.17, 15) is 34.5 Å². The topological polar surface area (TPSA) is 138 Å². The molecule has 0 amide bonds. The SMILES string of the molecule is O=C(CCSC(=O)CCS)OCC(CO)(CC(CS)C(=O)O)CC(CS)C(=O)O. The molecule has 0 spiro atoms. The van der Waals surface area contributed by atoms with Crippen LogP contribution in [-0.4, -0.2) is 74.6 Å². The molecule has 0 heterocycles. The van der Waals surface area contributed by atoms with Crippen molar-refractivity contribution in [2.75, 3.05) is 36.2 Å². The van der Waals surface area contributed by atoms with E-state index >= 15 is 0 Å². The monoisotopic (exact) mass is 488 g/mol. The highest BCUT2D eigenvalue weighted by atomic mass is 32.2. The Hall–Kier alpha value is -0.560. The zero-order valence-electron chi connectivity index (χ0n) is 15.9. The van der Waals surface area contributed by atoms with Crippen LogP contribution >= 0.6 is 49.6 Å². The van der Waals surface area contributed by atoms with Crippen molar-refractivity contribution in [2.24, 2.45) is 17.3 Å². The van der Waals surface area contributed by atoms with E-state index in [2.05, 4.69) is 37.9 Å². The van der Waals surface area contributed by atoms with Crippen LogP contribution in [0, 0.1) is 17.3 Å². The summed E-state index contributed by atoms with van der Waals surface area (Å²) < 4.78 is 5.22. The minimum absolute atomic E-state index is 0.0203. The number of carboxylic acids is 2. The number of carbonyl (C=O) groups is 4. The number of hydrogen-bond acceptors (Lipinski definition) is 10. The number of carboxylic acid groups (broad SMARTS) is 2. The van der Waals surface area contributed by atoms with Crippen LogP contribution in [0.1, 0.15) is 25.7 Å². The Bertz CT molecular complexity index is 534. The maximum Gasteiger partial charge on any atom is 0.307 e. The fourth-order valence-electron chi connectivity index (χ4n) is 2.60. The minimum atomic E-state index is -1.26. The van der Waals surface area contributed by atoms with Gasteiger partial charge < -0.3 is 20.1 Å². The Balaban J connectivity index is 5.12.